The van der Waals surface area contributed by atoms with Gasteiger partial charge < -0.3 is 5.32 Å². The highest BCUT2D eigenvalue weighted by molar-refractivity contribution is 5.79. The molecular weight excluding hydrogens is 274 g/mol. The smallest absolute Gasteiger partial charge is 0.222 e. The molecule has 1 amide bonds. The van der Waals surface area contributed by atoms with Gasteiger partial charge >= 0.3 is 0 Å². The average molecular weight is 293 g/mol. The predicted octanol–water partition coefficient (Wildman–Crippen LogP) is 3.05. The van der Waals surface area contributed by atoms with E-state index in [9.17, 15) is 4.79 Å². The lowest BCUT2D eigenvalue weighted by Crippen LogP contribution is -2.24. The number of hydrogen-bond acceptors (Lipinski definition) is 2. The summed E-state index contributed by atoms with van der Waals surface area (Å²) in [5.74, 6) is 0.0418. The minimum atomic E-state index is 0.0418. The van der Waals surface area contributed by atoms with Crippen LogP contribution in [0.15, 0.2) is 54.7 Å². The van der Waals surface area contributed by atoms with Gasteiger partial charge in [0.25, 0.3) is 0 Å². The molecule has 1 N–H and O–H groups in total. The molecule has 1 aromatic heterocycles. The van der Waals surface area contributed by atoms with Gasteiger partial charge in [-0.05, 0) is 18.6 Å². The van der Waals surface area contributed by atoms with Crippen molar-refractivity contribution >= 4 is 16.8 Å². The largest absolute Gasteiger partial charge is 0.352 e. The van der Waals surface area contributed by atoms with Crippen molar-refractivity contribution in [2.24, 2.45) is 0 Å². The monoisotopic (exact) mass is 293 g/mol. The van der Waals surface area contributed by atoms with Gasteiger partial charge in [0.1, 0.15) is 0 Å². The Morgan fingerprint density at radius 1 is 1.14 bits per heavy atom. The molecule has 0 saturated carbocycles. The van der Waals surface area contributed by atoms with Crippen molar-refractivity contribution < 1.29 is 4.79 Å². The summed E-state index contributed by atoms with van der Waals surface area (Å²) in [6.45, 7) is 3.21. The quantitative estimate of drug-likeness (QED) is 0.786. The molecule has 0 fully saturated rings. The SMILES string of the molecule is Cc1ccc(CNC(=O)CCn2ncc3ccccc32)cc1. The lowest BCUT2D eigenvalue weighted by atomic mass is 10.1. The molecule has 112 valence electrons. The van der Waals surface area contributed by atoms with Crippen molar-refractivity contribution in [1.82, 2.24) is 15.1 Å². The highest BCUT2D eigenvalue weighted by Crippen LogP contribution is 2.12. The molecule has 0 aliphatic carbocycles. The Balaban J connectivity index is 1.53. The summed E-state index contributed by atoms with van der Waals surface area (Å²) >= 11 is 0. The van der Waals surface area contributed by atoms with E-state index < -0.39 is 0 Å². The van der Waals surface area contributed by atoms with Crippen molar-refractivity contribution in [3.8, 4) is 0 Å². The molecule has 0 aliphatic rings. The van der Waals surface area contributed by atoms with E-state index in [0.29, 0.717) is 19.5 Å². The predicted molar refractivity (Wildman–Crippen MR) is 87.4 cm³/mol. The van der Waals surface area contributed by atoms with E-state index in [-0.39, 0.29) is 5.91 Å². The zero-order valence-electron chi connectivity index (χ0n) is 12.6. The van der Waals surface area contributed by atoms with E-state index >= 15 is 0 Å². The topological polar surface area (TPSA) is 46.9 Å². The second-order valence-electron chi connectivity index (χ2n) is 5.44. The Labute approximate surface area is 129 Å². The number of fused-ring (bicyclic) bond motifs is 1. The summed E-state index contributed by atoms with van der Waals surface area (Å²) in [5, 5.41) is 8.38. The van der Waals surface area contributed by atoms with Gasteiger partial charge in [-0.25, -0.2) is 0 Å². The Bertz CT molecular complexity index is 774. The van der Waals surface area contributed by atoms with Crippen LogP contribution in [0.25, 0.3) is 10.9 Å². The minimum Gasteiger partial charge on any atom is -0.352 e. The van der Waals surface area contributed by atoms with Crippen molar-refractivity contribution in [1.29, 1.82) is 0 Å². The van der Waals surface area contributed by atoms with Crippen LogP contribution < -0.4 is 5.32 Å². The fourth-order valence-corrected chi connectivity index (χ4v) is 2.41. The number of nitrogens with one attached hydrogen (secondary N) is 1. The van der Waals surface area contributed by atoms with Crippen molar-refractivity contribution in [2.75, 3.05) is 0 Å². The normalized spacial score (nSPS) is 10.8. The molecule has 0 spiro atoms. The first-order valence-corrected chi connectivity index (χ1v) is 7.45. The standard InChI is InChI=1S/C18H19N3O/c1-14-6-8-15(9-7-14)12-19-18(22)10-11-21-17-5-3-2-4-16(17)13-20-21/h2-9,13H,10-12H2,1H3,(H,19,22). The van der Waals surface area contributed by atoms with Crippen molar-refractivity contribution in [3.05, 3.63) is 65.9 Å². The van der Waals surface area contributed by atoms with Crippen molar-refractivity contribution in [2.45, 2.75) is 26.4 Å². The molecule has 4 nitrogen and oxygen atoms in total. The maximum Gasteiger partial charge on any atom is 0.222 e. The number of aromatic nitrogens is 2. The van der Waals surface area contributed by atoms with Crippen LogP contribution in [0.2, 0.25) is 0 Å². The Hall–Kier alpha value is -2.62. The van der Waals surface area contributed by atoms with E-state index in [4.69, 9.17) is 0 Å². The Kier molecular flexibility index (Phi) is 4.19. The number of carbonyl (C=O) groups excluding carboxylic acids is 1. The molecule has 22 heavy (non-hydrogen) atoms. The molecule has 1 heterocycles. The third kappa shape index (κ3) is 3.34. The molecular formula is C18H19N3O. The summed E-state index contributed by atoms with van der Waals surface area (Å²) < 4.78 is 1.88. The molecule has 4 heteroatoms. The molecule has 3 aromatic rings. The van der Waals surface area contributed by atoms with Gasteiger partial charge in [-0.2, -0.15) is 5.10 Å². The average Bonchev–Trinajstić information content (AvgIpc) is 2.96. The minimum absolute atomic E-state index is 0.0418. The van der Waals surface area contributed by atoms with Crippen LogP contribution >= 0.6 is 0 Å². The first-order chi connectivity index (χ1) is 10.7. The van der Waals surface area contributed by atoms with E-state index in [2.05, 4.69) is 29.5 Å². The summed E-state index contributed by atoms with van der Waals surface area (Å²) in [7, 11) is 0. The second kappa shape index (κ2) is 6.43. The summed E-state index contributed by atoms with van der Waals surface area (Å²) in [5.41, 5.74) is 3.40. The molecule has 0 atom stereocenters. The second-order valence-corrected chi connectivity index (χ2v) is 5.44. The van der Waals surface area contributed by atoms with E-state index in [1.165, 1.54) is 5.56 Å². The van der Waals surface area contributed by atoms with E-state index in [1.54, 1.807) is 0 Å². The molecule has 0 bridgehead atoms. The molecule has 2 aromatic carbocycles. The van der Waals surface area contributed by atoms with Gasteiger partial charge in [-0.1, -0.05) is 48.0 Å². The van der Waals surface area contributed by atoms with Crippen LogP contribution in [0, 0.1) is 6.92 Å². The van der Waals surface area contributed by atoms with Crippen LogP contribution in [-0.2, 0) is 17.9 Å². The van der Waals surface area contributed by atoms with Crippen LogP contribution in [0.3, 0.4) is 0 Å². The van der Waals surface area contributed by atoms with Crippen LogP contribution in [0.5, 0.6) is 0 Å². The highest BCUT2D eigenvalue weighted by Gasteiger charge is 2.05. The summed E-state index contributed by atoms with van der Waals surface area (Å²) in [4.78, 5) is 12.0. The van der Waals surface area contributed by atoms with E-state index in [1.807, 2.05) is 47.3 Å². The Morgan fingerprint density at radius 2 is 1.91 bits per heavy atom. The number of hydrogen-bond donors (Lipinski definition) is 1. The molecule has 0 saturated heterocycles. The number of nitrogens with zero attached hydrogens (tertiary/aromatic N) is 2. The molecule has 0 aliphatic heterocycles. The number of carbonyl (C=O) groups is 1. The fraction of sp³-hybridized carbons (Fsp3) is 0.222. The zero-order chi connectivity index (χ0) is 15.4. The highest BCUT2D eigenvalue weighted by atomic mass is 16.1. The third-order valence-electron chi connectivity index (χ3n) is 3.71. The first-order valence-electron chi connectivity index (χ1n) is 7.45. The van der Waals surface area contributed by atoms with Gasteiger partial charge in [0, 0.05) is 18.4 Å². The van der Waals surface area contributed by atoms with Crippen LogP contribution in [0.1, 0.15) is 17.5 Å². The molecule has 3 rings (SSSR count). The lowest BCUT2D eigenvalue weighted by molar-refractivity contribution is -0.121. The number of para-hydroxylation sites is 1. The third-order valence-corrected chi connectivity index (χ3v) is 3.71. The molecule has 0 radical (unpaired) electrons. The lowest BCUT2D eigenvalue weighted by Gasteiger charge is -2.07. The van der Waals surface area contributed by atoms with Gasteiger partial charge in [0.15, 0.2) is 0 Å². The van der Waals surface area contributed by atoms with Crippen molar-refractivity contribution in [3.63, 3.8) is 0 Å². The Morgan fingerprint density at radius 3 is 2.73 bits per heavy atom. The zero-order valence-corrected chi connectivity index (χ0v) is 12.6. The summed E-state index contributed by atoms with van der Waals surface area (Å²) in [6.07, 6.45) is 2.26. The number of aryl methyl sites for hydroxylation is 2. The van der Waals surface area contributed by atoms with Gasteiger partial charge in [0.2, 0.25) is 5.91 Å². The first kappa shape index (κ1) is 14.3. The van der Waals surface area contributed by atoms with Crippen LogP contribution in [-0.4, -0.2) is 15.7 Å². The van der Waals surface area contributed by atoms with Gasteiger partial charge in [-0.15, -0.1) is 0 Å². The number of benzene rings is 2. The number of amides is 1. The number of rotatable bonds is 5. The maximum absolute atomic E-state index is 12.0. The van der Waals surface area contributed by atoms with Gasteiger partial charge in [-0.3, -0.25) is 9.48 Å². The van der Waals surface area contributed by atoms with Crippen LogP contribution in [0.4, 0.5) is 0 Å². The molecule has 0 unspecified atom stereocenters. The summed E-state index contributed by atoms with van der Waals surface area (Å²) in [6, 6.07) is 16.2. The van der Waals surface area contributed by atoms with E-state index in [0.717, 1.165) is 16.5 Å². The maximum atomic E-state index is 12.0. The van der Waals surface area contributed by atoms with Gasteiger partial charge in [0.05, 0.1) is 18.3 Å². The fourth-order valence-electron chi connectivity index (χ4n) is 2.41.